The molecule has 0 bridgehead atoms. The molecule has 8 atom stereocenters. The van der Waals surface area contributed by atoms with Crippen LogP contribution in [0.5, 0.6) is 0 Å². The minimum Gasteiger partial charge on any atom is -0.452 e. The summed E-state index contributed by atoms with van der Waals surface area (Å²) in [6.45, 7) is 7.61. The third-order valence-corrected chi connectivity index (χ3v) is 9.50. The van der Waals surface area contributed by atoms with Gasteiger partial charge in [0, 0.05) is 6.42 Å². The maximum absolute atomic E-state index is 16.2. The van der Waals surface area contributed by atoms with E-state index in [9.17, 15) is 14.4 Å². The van der Waals surface area contributed by atoms with Gasteiger partial charge in [-0.2, -0.15) is 0 Å². The first kappa shape index (κ1) is 38.8. The zero-order valence-electron chi connectivity index (χ0n) is 30.7. The molecule has 11 heteroatoms. The van der Waals surface area contributed by atoms with Crippen LogP contribution in [0.1, 0.15) is 73.1 Å². The number of hydrogen-bond donors (Lipinski definition) is 0. The number of ether oxygens (including phenoxy) is 7. The van der Waals surface area contributed by atoms with E-state index in [4.69, 9.17) is 33.2 Å². The fourth-order valence-corrected chi connectivity index (χ4v) is 6.30. The molecule has 0 unspecified atom stereocenters. The number of halogens is 1. The zero-order valence-corrected chi connectivity index (χ0v) is 30.7. The van der Waals surface area contributed by atoms with Crippen LogP contribution < -0.4 is 0 Å². The van der Waals surface area contributed by atoms with E-state index in [1.165, 1.54) is 12.1 Å². The summed E-state index contributed by atoms with van der Waals surface area (Å²) in [5, 5.41) is 0. The number of benzene rings is 4. The number of esters is 3. The van der Waals surface area contributed by atoms with Gasteiger partial charge in [-0.3, -0.25) is 0 Å². The van der Waals surface area contributed by atoms with Gasteiger partial charge in [-0.25, -0.2) is 18.8 Å². The van der Waals surface area contributed by atoms with Gasteiger partial charge in [0.15, 0.2) is 24.6 Å². The van der Waals surface area contributed by atoms with E-state index in [1.54, 1.807) is 60.7 Å². The second-order valence-electron chi connectivity index (χ2n) is 13.8. The van der Waals surface area contributed by atoms with E-state index in [0.717, 1.165) is 22.3 Å². The summed E-state index contributed by atoms with van der Waals surface area (Å²) in [4.78, 5) is 40.6. The molecule has 6 rings (SSSR count). The van der Waals surface area contributed by atoms with E-state index >= 15 is 4.39 Å². The molecule has 0 spiro atoms. The van der Waals surface area contributed by atoms with Crippen molar-refractivity contribution in [3.05, 3.63) is 142 Å². The van der Waals surface area contributed by atoms with Crippen molar-refractivity contribution in [2.24, 2.45) is 0 Å². The van der Waals surface area contributed by atoms with Crippen molar-refractivity contribution in [2.75, 3.05) is 6.61 Å². The SMILES string of the molecule is Cc1ccc(C(=O)O[C@@H]2[C@@H](OC(=O)c3ccc(C)cc3)[C@H](F)O[C@H](CO[C@H]3CC[C@H](OCc4ccccc4)[C@H](C)O3)[C@H]2OC(=O)c2ccc(C)cc2)cc1. The Kier molecular flexibility index (Phi) is 12.9. The molecule has 2 saturated heterocycles. The van der Waals surface area contributed by atoms with Crippen LogP contribution in [0.25, 0.3) is 0 Å². The first-order valence-electron chi connectivity index (χ1n) is 18.1. The van der Waals surface area contributed by atoms with Gasteiger partial charge in [0.2, 0.25) is 6.36 Å². The highest BCUT2D eigenvalue weighted by molar-refractivity contribution is 5.91. The fraction of sp³-hybridized carbons (Fsp3) is 0.372. The Bertz CT molecular complexity index is 1850. The van der Waals surface area contributed by atoms with Crippen LogP contribution in [0.15, 0.2) is 103 Å². The summed E-state index contributed by atoms with van der Waals surface area (Å²) in [5.74, 6) is -2.51. The highest BCUT2D eigenvalue weighted by Crippen LogP contribution is 2.33. The number of carbonyl (C=O) groups is 3. The number of carbonyl (C=O) groups excluding carboxylic acids is 3. The monoisotopic (exact) mass is 740 g/mol. The van der Waals surface area contributed by atoms with Crippen molar-refractivity contribution >= 4 is 17.9 Å². The molecular formula is C43H45FO10. The molecule has 4 aromatic carbocycles. The van der Waals surface area contributed by atoms with Crippen molar-refractivity contribution in [3.63, 3.8) is 0 Å². The normalized spacial score (nSPS) is 25.4. The second-order valence-corrected chi connectivity index (χ2v) is 13.8. The summed E-state index contributed by atoms with van der Waals surface area (Å²) >= 11 is 0. The molecule has 2 aliphatic rings. The molecule has 54 heavy (non-hydrogen) atoms. The lowest BCUT2D eigenvalue weighted by molar-refractivity contribution is -0.284. The first-order valence-corrected chi connectivity index (χ1v) is 18.1. The molecule has 284 valence electrons. The van der Waals surface area contributed by atoms with Gasteiger partial charge in [-0.1, -0.05) is 83.4 Å². The maximum Gasteiger partial charge on any atom is 0.338 e. The minimum absolute atomic E-state index is 0.143. The van der Waals surface area contributed by atoms with Gasteiger partial charge >= 0.3 is 17.9 Å². The van der Waals surface area contributed by atoms with Gasteiger partial charge in [0.25, 0.3) is 0 Å². The lowest BCUT2D eigenvalue weighted by Gasteiger charge is -2.43. The van der Waals surface area contributed by atoms with Gasteiger partial charge in [0.05, 0.1) is 42.1 Å². The summed E-state index contributed by atoms with van der Waals surface area (Å²) in [6.07, 6.45) is -8.62. The Hall–Kier alpha value is -4.94. The summed E-state index contributed by atoms with van der Waals surface area (Å²) in [6, 6.07) is 29.5. The molecule has 0 N–H and O–H groups in total. The molecule has 0 aliphatic carbocycles. The Balaban J connectivity index is 1.23. The van der Waals surface area contributed by atoms with E-state index in [-0.39, 0.29) is 35.5 Å². The maximum atomic E-state index is 16.2. The summed E-state index contributed by atoms with van der Waals surface area (Å²) in [5.41, 5.74) is 4.28. The van der Waals surface area contributed by atoms with Crippen molar-refractivity contribution in [1.82, 2.24) is 0 Å². The van der Waals surface area contributed by atoms with Crippen LogP contribution in [-0.4, -0.2) is 73.8 Å². The fourth-order valence-electron chi connectivity index (χ4n) is 6.30. The van der Waals surface area contributed by atoms with Gasteiger partial charge in [-0.05, 0) is 76.1 Å². The predicted molar refractivity (Wildman–Crippen MR) is 195 cm³/mol. The molecular weight excluding hydrogens is 695 g/mol. The van der Waals surface area contributed by atoms with Gasteiger partial charge < -0.3 is 33.2 Å². The van der Waals surface area contributed by atoms with Crippen molar-refractivity contribution in [3.8, 4) is 0 Å². The topological polar surface area (TPSA) is 116 Å². The minimum atomic E-state index is -2.29. The standard InChI is InChI=1S/C43H45FO10/c1-26-10-16-31(17-11-26)41(45)52-37-35(25-49-36-23-22-34(29(4)50-36)48-24-30-8-6-5-7-9-30)51-40(44)39(54-43(47)33-20-14-28(3)15-21-33)38(37)53-42(46)32-18-12-27(2)13-19-32/h5-21,29,34-40H,22-25H2,1-4H3/t29-,34-,35+,36+,37+,38-,39+,40+/m0/s1. The molecule has 0 aromatic heterocycles. The molecule has 2 aliphatic heterocycles. The van der Waals surface area contributed by atoms with Crippen LogP contribution in [-0.2, 0) is 39.8 Å². The van der Waals surface area contributed by atoms with Crippen molar-refractivity contribution in [2.45, 2.75) is 96.4 Å². The number of aryl methyl sites for hydroxylation is 3. The smallest absolute Gasteiger partial charge is 0.338 e. The van der Waals surface area contributed by atoms with Crippen molar-refractivity contribution < 1.29 is 51.9 Å². The lowest BCUT2D eigenvalue weighted by atomic mass is 9.98. The third kappa shape index (κ3) is 9.97. The number of rotatable bonds is 12. The Morgan fingerprint density at radius 1 is 0.611 bits per heavy atom. The van der Waals surface area contributed by atoms with Crippen LogP contribution in [0.4, 0.5) is 4.39 Å². The molecule has 10 nitrogen and oxygen atoms in total. The highest BCUT2D eigenvalue weighted by atomic mass is 19.1. The first-order chi connectivity index (χ1) is 26.0. The van der Waals surface area contributed by atoms with Gasteiger partial charge in [0.1, 0.15) is 6.10 Å². The molecule has 2 heterocycles. The number of hydrogen-bond acceptors (Lipinski definition) is 10. The number of alkyl halides is 1. The van der Waals surface area contributed by atoms with Gasteiger partial charge in [-0.15, -0.1) is 0 Å². The third-order valence-electron chi connectivity index (χ3n) is 9.50. The van der Waals surface area contributed by atoms with E-state index in [1.807, 2.05) is 58.0 Å². The highest BCUT2D eigenvalue weighted by Gasteiger charge is 2.53. The molecule has 2 fully saturated rings. The van der Waals surface area contributed by atoms with Crippen LogP contribution in [0.2, 0.25) is 0 Å². The van der Waals surface area contributed by atoms with Crippen LogP contribution in [0, 0.1) is 20.8 Å². The molecule has 0 saturated carbocycles. The molecule has 0 radical (unpaired) electrons. The summed E-state index contributed by atoms with van der Waals surface area (Å²) < 4.78 is 58.0. The molecule has 4 aromatic rings. The van der Waals surface area contributed by atoms with E-state index < -0.39 is 55.0 Å². The Morgan fingerprint density at radius 2 is 1.09 bits per heavy atom. The lowest BCUT2D eigenvalue weighted by Crippen LogP contribution is -2.61. The average Bonchev–Trinajstić information content (AvgIpc) is 3.17. The quantitative estimate of drug-likeness (QED) is 0.107. The zero-order chi connectivity index (χ0) is 38.2. The van der Waals surface area contributed by atoms with Crippen LogP contribution in [0.3, 0.4) is 0 Å². The van der Waals surface area contributed by atoms with Crippen LogP contribution >= 0.6 is 0 Å². The Morgan fingerprint density at radius 3 is 1.59 bits per heavy atom. The predicted octanol–water partition coefficient (Wildman–Crippen LogP) is 7.41. The Labute approximate surface area is 314 Å². The summed E-state index contributed by atoms with van der Waals surface area (Å²) in [7, 11) is 0. The van der Waals surface area contributed by atoms with Crippen molar-refractivity contribution in [1.29, 1.82) is 0 Å². The van der Waals surface area contributed by atoms with E-state index in [0.29, 0.717) is 19.4 Å². The second kappa shape index (κ2) is 17.9. The largest absolute Gasteiger partial charge is 0.452 e. The molecule has 0 amide bonds. The van der Waals surface area contributed by atoms with E-state index in [2.05, 4.69) is 0 Å². The average molecular weight is 741 g/mol.